The van der Waals surface area contributed by atoms with Crippen LogP contribution in [0.3, 0.4) is 0 Å². The number of carbonyl (C=O) groups is 2. The van der Waals surface area contributed by atoms with E-state index < -0.39 is 6.03 Å². The van der Waals surface area contributed by atoms with Gasteiger partial charge in [0.05, 0.1) is 6.54 Å². The zero-order valence-electron chi connectivity index (χ0n) is 15.8. The molecule has 5 heteroatoms. The van der Waals surface area contributed by atoms with Gasteiger partial charge in [0.15, 0.2) is 0 Å². The molecule has 0 atom stereocenters. The van der Waals surface area contributed by atoms with Crippen LogP contribution < -0.4 is 5.32 Å². The van der Waals surface area contributed by atoms with Crippen molar-refractivity contribution in [3.05, 3.63) is 94.9 Å². The highest BCUT2D eigenvalue weighted by molar-refractivity contribution is 6.13. The Kier molecular flexibility index (Phi) is 4.57. The van der Waals surface area contributed by atoms with E-state index >= 15 is 0 Å². The molecule has 5 nitrogen and oxygen atoms in total. The number of rotatable bonds is 4. The predicted molar refractivity (Wildman–Crippen MR) is 109 cm³/mol. The number of nitrogens with zero attached hydrogens (tertiary/aromatic N) is 2. The molecule has 140 valence electrons. The Labute approximate surface area is 163 Å². The fraction of sp³-hybridized carbons (Fsp3) is 0.130. The Bertz CT molecular complexity index is 1080. The van der Waals surface area contributed by atoms with Gasteiger partial charge in [-0.25, -0.2) is 4.79 Å². The zero-order chi connectivity index (χ0) is 19.7. The molecule has 1 aliphatic rings. The second-order valence-electron chi connectivity index (χ2n) is 6.89. The highest BCUT2D eigenvalue weighted by atomic mass is 16.2. The van der Waals surface area contributed by atoms with Crippen LogP contribution in [0.2, 0.25) is 0 Å². The molecule has 2 aromatic carbocycles. The number of carbonyl (C=O) groups excluding carboxylic acids is 2. The molecule has 1 aliphatic heterocycles. The van der Waals surface area contributed by atoms with Crippen molar-refractivity contribution in [2.45, 2.75) is 20.4 Å². The Morgan fingerprint density at radius 2 is 1.71 bits per heavy atom. The van der Waals surface area contributed by atoms with Crippen LogP contribution in [0.4, 0.5) is 4.79 Å². The average Bonchev–Trinajstić information content (AvgIpc) is 3.25. The molecule has 0 aliphatic carbocycles. The number of nitrogens with one attached hydrogen (secondary N) is 1. The van der Waals surface area contributed by atoms with Gasteiger partial charge in [-0.1, -0.05) is 42.5 Å². The molecule has 4 rings (SSSR count). The maximum absolute atomic E-state index is 12.8. The molecule has 1 aromatic heterocycles. The molecule has 0 unspecified atom stereocenters. The third-order valence-corrected chi connectivity index (χ3v) is 5.05. The second kappa shape index (κ2) is 7.19. The lowest BCUT2D eigenvalue weighted by Gasteiger charge is -2.12. The van der Waals surface area contributed by atoms with Crippen molar-refractivity contribution in [3.8, 4) is 5.69 Å². The summed E-state index contributed by atoms with van der Waals surface area (Å²) in [6.45, 7) is 4.40. The number of hydrogen-bond acceptors (Lipinski definition) is 2. The van der Waals surface area contributed by atoms with Crippen molar-refractivity contribution in [3.63, 3.8) is 0 Å². The molecule has 1 saturated heterocycles. The van der Waals surface area contributed by atoms with E-state index in [2.05, 4.69) is 25.2 Å². The summed E-state index contributed by atoms with van der Waals surface area (Å²) in [6.07, 6.45) is 3.68. The molecule has 0 bridgehead atoms. The number of amides is 3. The number of aryl methyl sites for hydroxylation is 1. The monoisotopic (exact) mass is 371 g/mol. The first-order chi connectivity index (χ1) is 13.5. The Hall–Kier alpha value is -3.60. The molecular weight excluding hydrogens is 350 g/mol. The van der Waals surface area contributed by atoms with Crippen molar-refractivity contribution in [1.29, 1.82) is 0 Å². The average molecular weight is 371 g/mol. The quantitative estimate of drug-likeness (QED) is 0.552. The third kappa shape index (κ3) is 3.22. The predicted octanol–water partition coefficient (Wildman–Crippen LogP) is 4.19. The van der Waals surface area contributed by atoms with Crippen LogP contribution in [0.5, 0.6) is 0 Å². The van der Waals surface area contributed by atoms with E-state index in [1.165, 1.54) is 16.0 Å². The van der Waals surface area contributed by atoms with E-state index in [-0.39, 0.29) is 18.1 Å². The highest BCUT2D eigenvalue weighted by Crippen LogP contribution is 2.23. The van der Waals surface area contributed by atoms with E-state index in [1.54, 1.807) is 6.08 Å². The first-order valence-corrected chi connectivity index (χ1v) is 9.17. The largest absolute Gasteiger partial charge is 0.329 e. The van der Waals surface area contributed by atoms with Gasteiger partial charge < -0.3 is 9.88 Å². The molecular formula is C23H21N3O2. The van der Waals surface area contributed by atoms with Gasteiger partial charge in [-0.05, 0) is 54.8 Å². The van der Waals surface area contributed by atoms with Crippen LogP contribution in [0.15, 0.2) is 72.6 Å². The zero-order valence-corrected chi connectivity index (χ0v) is 15.8. The van der Waals surface area contributed by atoms with Gasteiger partial charge in [0.25, 0.3) is 5.91 Å². The van der Waals surface area contributed by atoms with Gasteiger partial charge in [0, 0.05) is 17.6 Å². The van der Waals surface area contributed by atoms with Gasteiger partial charge in [-0.2, -0.15) is 0 Å². The fourth-order valence-corrected chi connectivity index (χ4v) is 3.36. The minimum absolute atomic E-state index is 0.251. The van der Waals surface area contributed by atoms with E-state index in [0.717, 1.165) is 16.9 Å². The van der Waals surface area contributed by atoms with Crippen LogP contribution >= 0.6 is 0 Å². The number of aromatic nitrogens is 1. The van der Waals surface area contributed by atoms with Gasteiger partial charge in [0.2, 0.25) is 0 Å². The molecule has 3 amide bonds. The fourth-order valence-electron chi connectivity index (χ4n) is 3.36. The van der Waals surface area contributed by atoms with Crippen molar-refractivity contribution < 1.29 is 9.59 Å². The molecule has 0 radical (unpaired) electrons. The van der Waals surface area contributed by atoms with Crippen molar-refractivity contribution in [1.82, 2.24) is 14.8 Å². The summed E-state index contributed by atoms with van der Waals surface area (Å²) in [5, 5.41) is 2.70. The first kappa shape index (κ1) is 17.8. The lowest BCUT2D eigenvalue weighted by atomic mass is 10.1. The van der Waals surface area contributed by atoms with Crippen molar-refractivity contribution >= 4 is 18.0 Å². The summed E-state index contributed by atoms with van der Waals surface area (Å²) < 4.78 is 2.02. The second-order valence-corrected chi connectivity index (χ2v) is 6.89. The smallest absolute Gasteiger partial charge is 0.317 e. The third-order valence-electron chi connectivity index (χ3n) is 5.05. The van der Waals surface area contributed by atoms with Crippen LogP contribution in [-0.4, -0.2) is 21.4 Å². The lowest BCUT2D eigenvalue weighted by Crippen LogP contribution is -2.30. The van der Waals surface area contributed by atoms with E-state index in [1.807, 2.05) is 65.4 Å². The minimum Gasteiger partial charge on any atom is -0.317 e. The highest BCUT2D eigenvalue weighted by Gasteiger charge is 2.33. The van der Waals surface area contributed by atoms with Crippen LogP contribution in [0.25, 0.3) is 11.8 Å². The summed E-state index contributed by atoms with van der Waals surface area (Å²) in [5.74, 6) is -0.317. The van der Waals surface area contributed by atoms with E-state index in [9.17, 15) is 9.59 Å². The number of hydrogen-bond donors (Lipinski definition) is 1. The molecule has 2 heterocycles. The number of benzene rings is 2. The van der Waals surface area contributed by atoms with E-state index in [4.69, 9.17) is 0 Å². The molecule has 28 heavy (non-hydrogen) atoms. The Morgan fingerprint density at radius 3 is 2.50 bits per heavy atom. The SMILES string of the molecule is Cc1cccc(-n2cccc2/C=C2/NC(=O)N(Cc3ccccc3)C2=O)c1C. The van der Waals surface area contributed by atoms with Crippen LogP contribution in [0.1, 0.15) is 22.4 Å². The van der Waals surface area contributed by atoms with E-state index in [0.29, 0.717) is 0 Å². The van der Waals surface area contributed by atoms with Crippen molar-refractivity contribution in [2.75, 3.05) is 0 Å². The normalized spacial score (nSPS) is 15.4. The maximum atomic E-state index is 12.8. The summed E-state index contributed by atoms with van der Waals surface area (Å²) in [7, 11) is 0. The molecule has 1 N–H and O–H groups in total. The molecule has 1 fully saturated rings. The minimum atomic E-state index is -0.398. The van der Waals surface area contributed by atoms with Gasteiger partial charge >= 0.3 is 6.03 Å². The van der Waals surface area contributed by atoms with Gasteiger partial charge in [-0.3, -0.25) is 9.69 Å². The topological polar surface area (TPSA) is 54.3 Å². The van der Waals surface area contributed by atoms with Crippen molar-refractivity contribution in [2.24, 2.45) is 0 Å². The summed E-state index contributed by atoms with van der Waals surface area (Å²) >= 11 is 0. The van der Waals surface area contributed by atoms with Crippen LogP contribution in [-0.2, 0) is 11.3 Å². The molecule has 0 spiro atoms. The maximum Gasteiger partial charge on any atom is 0.329 e. The number of urea groups is 1. The van der Waals surface area contributed by atoms with Gasteiger partial charge in [-0.15, -0.1) is 0 Å². The molecule has 3 aromatic rings. The standard InChI is InChI=1S/C23H21N3O2/c1-16-8-6-12-21(17(16)2)25-13-7-11-19(25)14-20-22(27)26(23(28)24-20)15-18-9-4-3-5-10-18/h3-14H,15H2,1-2H3,(H,24,28)/b20-14+. The number of imide groups is 1. The van der Waals surface area contributed by atoms with Gasteiger partial charge in [0.1, 0.15) is 5.70 Å². The lowest BCUT2D eigenvalue weighted by molar-refractivity contribution is -0.123. The Morgan fingerprint density at radius 1 is 0.929 bits per heavy atom. The first-order valence-electron chi connectivity index (χ1n) is 9.17. The molecule has 0 saturated carbocycles. The summed E-state index contributed by atoms with van der Waals surface area (Å²) in [6, 6.07) is 19.1. The summed E-state index contributed by atoms with van der Waals surface area (Å²) in [5.41, 5.74) is 5.45. The summed E-state index contributed by atoms with van der Waals surface area (Å²) in [4.78, 5) is 26.3. The Balaban J connectivity index is 1.64. The van der Waals surface area contributed by atoms with Crippen LogP contribution in [0, 0.1) is 13.8 Å².